The second-order valence-electron chi connectivity index (χ2n) is 7.15. The molecule has 0 aromatic carbocycles. The van der Waals surface area contributed by atoms with Gasteiger partial charge in [-0.15, -0.1) is 0 Å². The highest BCUT2D eigenvalue weighted by Crippen LogP contribution is 2.66. The summed E-state index contributed by atoms with van der Waals surface area (Å²) in [7, 11) is 0. The molecule has 0 aliphatic rings. The summed E-state index contributed by atoms with van der Waals surface area (Å²) in [5.74, 6) is -86.3. The molecule has 0 rings (SSSR count). The van der Waals surface area contributed by atoms with Gasteiger partial charge in [-0.25, -0.2) is 9.59 Å². The van der Waals surface area contributed by atoms with Crippen molar-refractivity contribution in [2.45, 2.75) is 59.5 Å². The molecule has 2 N–H and O–H groups in total. The average Bonchev–Trinajstić information content (AvgIpc) is 2.76. The Balaban J connectivity index is 0. The zero-order valence-corrected chi connectivity index (χ0v) is 18.7. The highest BCUT2D eigenvalue weighted by Gasteiger charge is 2.98. The maximum atomic E-state index is 13.5. The normalized spacial score (nSPS) is 14.9. The average molecular weight is 698 g/mol. The van der Waals surface area contributed by atoms with E-state index in [2.05, 4.69) is 6.58 Å². The maximum absolute atomic E-state index is 13.5. The number of alkyl halides is 21. The van der Waals surface area contributed by atoms with E-state index in [-0.39, 0.29) is 0 Å². The minimum Gasteiger partial charge on any atom is -0.478 e. The van der Waals surface area contributed by atoms with Crippen LogP contribution in [0.3, 0.4) is 0 Å². The Morgan fingerprint density at radius 1 is 0.465 bits per heavy atom. The number of rotatable bonds is 11. The van der Waals surface area contributed by atoms with Crippen molar-refractivity contribution in [2.75, 3.05) is 0 Å². The Bertz CT molecular complexity index is 1100. The molecule has 0 aliphatic carbocycles. The lowest BCUT2D eigenvalue weighted by atomic mass is 9.85. The summed E-state index contributed by atoms with van der Waals surface area (Å²) < 4.78 is 299. The standard InChI is InChI=1S/C13HF23O2.C3H4O2/c14-2(15)1(3(37)38)4(16,17)5(18,19)6(20,21)7(22,23)8(24,25)9(26,27)10(28,29)11(30,31)12(32,33)13(34,35)36;1-2-3(4)5/h(H,37,38);2H,1H2,(H,4,5). The van der Waals surface area contributed by atoms with Crippen LogP contribution in [0.2, 0.25) is 0 Å². The fourth-order valence-corrected chi connectivity index (χ4v) is 2.05. The van der Waals surface area contributed by atoms with Gasteiger partial charge < -0.3 is 10.2 Å². The Hall–Kier alpha value is -3.19. The Kier molecular flexibility index (Phi) is 11.1. The molecule has 254 valence electrons. The number of carboxylic acid groups (broad SMARTS) is 2. The van der Waals surface area contributed by atoms with Crippen molar-refractivity contribution in [2.24, 2.45) is 0 Å². The van der Waals surface area contributed by atoms with Gasteiger partial charge in [-0.1, -0.05) is 6.58 Å². The summed E-state index contributed by atoms with van der Waals surface area (Å²) in [4.78, 5) is 19.4. The van der Waals surface area contributed by atoms with Gasteiger partial charge in [0.05, 0.1) is 0 Å². The lowest BCUT2D eigenvalue weighted by molar-refractivity contribution is -0.473. The van der Waals surface area contributed by atoms with Crippen molar-refractivity contribution in [3.8, 4) is 0 Å². The van der Waals surface area contributed by atoms with Crippen LogP contribution in [0.4, 0.5) is 101 Å². The molecule has 0 bridgehead atoms. The molecule has 0 spiro atoms. The second kappa shape index (κ2) is 11.4. The van der Waals surface area contributed by atoms with Gasteiger partial charge in [0.1, 0.15) is 0 Å². The maximum Gasteiger partial charge on any atom is 0.460 e. The van der Waals surface area contributed by atoms with Crippen LogP contribution in [0.5, 0.6) is 0 Å². The van der Waals surface area contributed by atoms with Crippen LogP contribution < -0.4 is 0 Å². The van der Waals surface area contributed by atoms with Gasteiger partial charge in [-0.3, -0.25) is 0 Å². The van der Waals surface area contributed by atoms with E-state index in [9.17, 15) is 111 Å². The summed E-state index contributed by atoms with van der Waals surface area (Å²) in [5.41, 5.74) is -4.62. The molecule has 0 aromatic rings. The number of hydrogen-bond donors (Lipinski definition) is 2. The van der Waals surface area contributed by atoms with E-state index in [0.29, 0.717) is 0 Å². The summed E-state index contributed by atoms with van der Waals surface area (Å²) in [5, 5.41) is 15.5. The van der Waals surface area contributed by atoms with Crippen LogP contribution in [0.15, 0.2) is 24.3 Å². The number of aliphatic carboxylic acids is 2. The van der Waals surface area contributed by atoms with Crippen LogP contribution >= 0.6 is 0 Å². The first-order chi connectivity index (χ1) is 18.3. The minimum atomic E-state index is -9.46. The number of halogens is 23. The number of hydrogen-bond acceptors (Lipinski definition) is 2. The Labute approximate surface area is 218 Å². The smallest absolute Gasteiger partial charge is 0.460 e. The SMILES string of the molecule is C=CC(=O)O.O=C(O)C(=C(F)F)C(F)(F)C(F)(F)C(F)(F)C(F)(F)C(F)(F)C(F)(F)C(F)(F)C(F)(F)C(F)(F)C(F)(F)F. The fraction of sp³-hybridized carbons (Fsp3) is 0.625. The third kappa shape index (κ3) is 5.98. The largest absolute Gasteiger partial charge is 0.478 e. The first-order valence-electron chi connectivity index (χ1n) is 8.90. The quantitative estimate of drug-likeness (QED) is 0.171. The molecule has 0 aliphatic heterocycles. The van der Waals surface area contributed by atoms with Crippen LogP contribution in [-0.2, 0) is 9.59 Å². The summed E-state index contributed by atoms with van der Waals surface area (Å²) in [6, 6.07) is 0. The first kappa shape index (κ1) is 41.9. The van der Waals surface area contributed by atoms with E-state index < -0.39 is 83.1 Å². The van der Waals surface area contributed by atoms with Crippen molar-refractivity contribution in [1.29, 1.82) is 0 Å². The van der Waals surface area contributed by atoms with Crippen molar-refractivity contribution in [3.63, 3.8) is 0 Å². The summed E-state index contributed by atoms with van der Waals surface area (Å²) in [6.07, 6.45) is -12.0. The van der Waals surface area contributed by atoms with Crippen molar-refractivity contribution < 1.29 is 121 Å². The highest BCUT2D eigenvalue weighted by molar-refractivity contribution is 5.89. The fourth-order valence-electron chi connectivity index (χ4n) is 2.05. The van der Waals surface area contributed by atoms with Crippen molar-refractivity contribution in [1.82, 2.24) is 0 Å². The summed E-state index contributed by atoms with van der Waals surface area (Å²) in [6.45, 7) is 2.96. The van der Waals surface area contributed by atoms with Gasteiger partial charge in [0.2, 0.25) is 0 Å². The van der Waals surface area contributed by atoms with Gasteiger partial charge in [0.25, 0.3) is 6.08 Å². The van der Waals surface area contributed by atoms with Crippen LogP contribution in [0.25, 0.3) is 0 Å². The van der Waals surface area contributed by atoms with Crippen LogP contribution in [0, 0.1) is 0 Å². The molecule has 0 amide bonds. The molecule has 0 fully saturated rings. The molecular weight excluding hydrogens is 693 g/mol. The van der Waals surface area contributed by atoms with E-state index in [0.717, 1.165) is 6.08 Å². The van der Waals surface area contributed by atoms with E-state index in [1.807, 2.05) is 0 Å². The monoisotopic (exact) mass is 698 g/mol. The van der Waals surface area contributed by atoms with Gasteiger partial charge in [-0.2, -0.15) is 101 Å². The Morgan fingerprint density at radius 2 is 0.674 bits per heavy atom. The van der Waals surface area contributed by atoms with Gasteiger partial charge in [0, 0.05) is 6.08 Å². The van der Waals surface area contributed by atoms with Crippen LogP contribution in [-0.4, -0.2) is 81.6 Å². The third-order valence-electron chi connectivity index (χ3n) is 4.40. The molecular formula is C16H5F23O4. The number of carbonyl (C=O) groups is 2. The molecule has 27 heteroatoms. The lowest BCUT2D eigenvalue weighted by Gasteiger charge is -2.44. The second-order valence-corrected chi connectivity index (χ2v) is 7.15. The van der Waals surface area contributed by atoms with Gasteiger partial charge in [-0.05, 0) is 0 Å². The van der Waals surface area contributed by atoms with E-state index in [4.69, 9.17) is 10.2 Å². The van der Waals surface area contributed by atoms with Gasteiger partial charge >= 0.3 is 71.4 Å². The zero-order valence-electron chi connectivity index (χ0n) is 18.7. The molecule has 0 unspecified atom stereocenters. The van der Waals surface area contributed by atoms with E-state index in [1.54, 1.807) is 0 Å². The minimum absolute atomic E-state index is 0.833. The molecule has 0 atom stereocenters. The predicted molar refractivity (Wildman–Crippen MR) is 85.3 cm³/mol. The zero-order chi connectivity index (χ0) is 36.0. The summed E-state index contributed by atoms with van der Waals surface area (Å²) >= 11 is 0. The van der Waals surface area contributed by atoms with Gasteiger partial charge in [0.15, 0.2) is 5.57 Å². The molecule has 43 heavy (non-hydrogen) atoms. The Morgan fingerprint density at radius 3 is 0.837 bits per heavy atom. The molecule has 4 nitrogen and oxygen atoms in total. The first-order valence-corrected chi connectivity index (χ1v) is 8.90. The molecule has 0 aromatic heterocycles. The third-order valence-corrected chi connectivity index (χ3v) is 4.40. The van der Waals surface area contributed by atoms with E-state index >= 15 is 0 Å². The topological polar surface area (TPSA) is 74.6 Å². The van der Waals surface area contributed by atoms with E-state index in [1.165, 1.54) is 0 Å². The molecule has 0 saturated carbocycles. The van der Waals surface area contributed by atoms with Crippen molar-refractivity contribution in [3.05, 3.63) is 24.3 Å². The molecule has 0 saturated heterocycles. The molecule has 0 radical (unpaired) electrons. The van der Waals surface area contributed by atoms with Crippen molar-refractivity contribution >= 4 is 11.9 Å². The molecule has 0 heterocycles. The number of carboxylic acids is 2. The van der Waals surface area contributed by atoms with Crippen LogP contribution in [0.1, 0.15) is 0 Å². The lowest BCUT2D eigenvalue weighted by Crippen LogP contribution is -2.77. The highest BCUT2D eigenvalue weighted by atomic mass is 19.4. The predicted octanol–water partition coefficient (Wildman–Crippen LogP) is 7.76.